The summed E-state index contributed by atoms with van der Waals surface area (Å²) in [5, 5.41) is 6.10. The predicted octanol–water partition coefficient (Wildman–Crippen LogP) is 5.41. The summed E-state index contributed by atoms with van der Waals surface area (Å²) in [7, 11) is 0. The van der Waals surface area contributed by atoms with Crippen molar-refractivity contribution in [3.63, 3.8) is 0 Å². The fraction of sp³-hybridized carbons (Fsp3) is 0.348. The summed E-state index contributed by atoms with van der Waals surface area (Å²) in [5.74, 6) is -0.0351. The Morgan fingerprint density at radius 3 is 2.48 bits per heavy atom. The van der Waals surface area contributed by atoms with Crippen molar-refractivity contribution in [3.05, 3.63) is 73.8 Å². The minimum atomic E-state index is -0.0351. The molecule has 1 N–H and O–H groups in total. The Hall–Kier alpha value is -1.99. The molecule has 4 nitrogen and oxygen atoms in total. The van der Waals surface area contributed by atoms with Gasteiger partial charge in [-0.2, -0.15) is 0 Å². The SMILES string of the molecule is Cc1ccc(C(c2c(NC(=O)c3cccs3)sc(C)c2C)N2CCOCC2)cc1. The molecule has 3 aromatic rings. The van der Waals surface area contributed by atoms with Crippen molar-refractivity contribution in [3.8, 4) is 0 Å². The van der Waals surface area contributed by atoms with Crippen LogP contribution in [-0.2, 0) is 4.74 Å². The number of hydrogen-bond acceptors (Lipinski definition) is 5. The zero-order valence-corrected chi connectivity index (χ0v) is 18.7. The van der Waals surface area contributed by atoms with Crippen molar-refractivity contribution < 1.29 is 9.53 Å². The van der Waals surface area contributed by atoms with Crippen LogP contribution in [0, 0.1) is 20.8 Å². The number of hydrogen-bond donors (Lipinski definition) is 1. The molecule has 1 aliphatic rings. The van der Waals surface area contributed by atoms with Gasteiger partial charge in [0, 0.05) is 23.5 Å². The van der Waals surface area contributed by atoms with Gasteiger partial charge in [0.15, 0.2) is 0 Å². The van der Waals surface area contributed by atoms with E-state index >= 15 is 0 Å². The van der Waals surface area contributed by atoms with Crippen LogP contribution in [0.2, 0.25) is 0 Å². The molecule has 0 spiro atoms. The molecular weight excluding hydrogens is 400 g/mol. The third-order valence-electron chi connectivity index (χ3n) is 5.48. The summed E-state index contributed by atoms with van der Waals surface area (Å²) in [4.78, 5) is 17.3. The van der Waals surface area contributed by atoms with E-state index < -0.39 is 0 Å². The smallest absolute Gasteiger partial charge is 0.266 e. The van der Waals surface area contributed by atoms with Crippen molar-refractivity contribution in [2.24, 2.45) is 0 Å². The highest BCUT2D eigenvalue weighted by Gasteiger charge is 2.30. The minimum absolute atomic E-state index is 0.0351. The summed E-state index contributed by atoms with van der Waals surface area (Å²) >= 11 is 3.14. The number of amides is 1. The van der Waals surface area contributed by atoms with Crippen LogP contribution in [0.25, 0.3) is 0 Å². The third kappa shape index (κ3) is 4.31. The number of anilines is 1. The third-order valence-corrected chi connectivity index (χ3v) is 7.49. The number of ether oxygens (including phenoxy) is 1. The number of benzene rings is 1. The van der Waals surface area contributed by atoms with Crippen LogP contribution >= 0.6 is 22.7 Å². The summed E-state index contributed by atoms with van der Waals surface area (Å²) in [5.41, 5.74) is 4.97. The van der Waals surface area contributed by atoms with Gasteiger partial charge in [-0.05, 0) is 43.3 Å². The number of nitrogens with zero attached hydrogens (tertiary/aromatic N) is 1. The fourth-order valence-corrected chi connectivity index (χ4v) is 5.49. The highest BCUT2D eigenvalue weighted by atomic mass is 32.1. The molecule has 1 amide bonds. The zero-order chi connectivity index (χ0) is 20.4. The molecule has 1 atom stereocenters. The Balaban J connectivity index is 1.77. The number of carbonyl (C=O) groups excluding carboxylic acids is 1. The molecule has 0 aliphatic carbocycles. The maximum atomic E-state index is 12.8. The molecule has 1 unspecified atom stereocenters. The average Bonchev–Trinajstić information content (AvgIpc) is 3.35. The van der Waals surface area contributed by atoms with E-state index in [4.69, 9.17) is 4.74 Å². The van der Waals surface area contributed by atoms with Crippen molar-refractivity contribution in [1.82, 2.24) is 4.90 Å². The lowest BCUT2D eigenvalue weighted by Gasteiger charge is -2.35. The fourth-order valence-electron chi connectivity index (χ4n) is 3.78. The molecule has 1 fully saturated rings. The lowest BCUT2D eigenvalue weighted by atomic mass is 9.94. The molecule has 0 radical (unpaired) electrons. The Kier molecular flexibility index (Phi) is 6.15. The Morgan fingerprint density at radius 1 is 1.10 bits per heavy atom. The van der Waals surface area contributed by atoms with Gasteiger partial charge in [0.2, 0.25) is 0 Å². The first-order valence-corrected chi connectivity index (χ1v) is 11.6. The van der Waals surface area contributed by atoms with Gasteiger partial charge >= 0.3 is 0 Å². The van der Waals surface area contributed by atoms with Gasteiger partial charge in [-0.1, -0.05) is 35.9 Å². The van der Waals surface area contributed by atoms with Crippen LogP contribution in [0.4, 0.5) is 5.00 Å². The van der Waals surface area contributed by atoms with E-state index in [9.17, 15) is 4.79 Å². The summed E-state index contributed by atoms with van der Waals surface area (Å²) < 4.78 is 5.61. The lowest BCUT2D eigenvalue weighted by molar-refractivity contribution is 0.0240. The van der Waals surface area contributed by atoms with E-state index in [2.05, 4.69) is 55.3 Å². The Bertz CT molecular complexity index is 971. The molecule has 4 rings (SSSR count). The second-order valence-electron chi connectivity index (χ2n) is 7.42. The Morgan fingerprint density at radius 2 is 1.83 bits per heavy atom. The molecule has 0 bridgehead atoms. The second kappa shape index (κ2) is 8.79. The van der Waals surface area contributed by atoms with E-state index in [1.165, 1.54) is 38.5 Å². The quantitative estimate of drug-likeness (QED) is 0.593. The van der Waals surface area contributed by atoms with Crippen LogP contribution in [0.15, 0.2) is 41.8 Å². The maximum Gasteiger partial charge on any atom is 0.266 e. The van der Waals surface area contributed by atoms with E-state index in [-0.39, 0.29) is 11.9 Å². The molecular formula is C23H26N2O2S2. The number of nitrogens with one attached hydrogen (secondary N) is 1. The largest absolute Gasteiger partial charge is 0.379 e. The average molecular weight is 427 g/mol. The topological polar surface area (TPSA) is 41.6 Å². The van der Waals surface area contributed by atoms with Gasteiger partial charge in [0.1, 0.15) is 5.00 Å². The first-order valence-electron chi connectivity index (χ1n) is 9.87. The number of aryl methyl sites for hydroxylation is 2. The van der Waals surface area contributed by atoms with Crippen molar-refractivity contribution in [1.29, 1.82) is 0 Å². The summed E-state index contributed by atoms with van der Waals surface area (Å²) in [6.45, 7) is 9.65. The highest BCUT2D eigenvalue weighted by Crippen LogP contribution is 2.42. The van der Waals surface area contributed by atoms with E-state index in [1.54, 1.807) is 11.3 Å². The van der Waals surface area contributed by atoms with Gasteiger partial charge in [0.25, 0.3) is 5.91 Å². The van der Waals surface area contributed by atoms with Crippen LogP contribution in [-0.4, -0.2) is 37.1 Å². The van der Waals surface area contributed by atoms with Gasteiger partial charge in [-0.25, -0.2) is 0 Å². The Labute approximate surface area is 180 Å². The molecule has 152 valence electrons. The van der Waals surface area contributed by atoms with E-state index in [0.717, 1.165) is 36.2 Å². The molecule has 0 saturated carbocycles. The summed E-state index contributed by atoms with van der Waals surface area (Å²) in [6.07, 6.45) is 0. The highest BCUT2D eigenvalue weighted by molar-refractivity contribution is 7.17. The van der Waals surface area contributed by atoms with Gasteiger partial charge in [0.05, 0.1) is 24.1 Å². The number of rotatable bonds is 5. The lowest BCUT2D eigenvalue weighted by Crippen LogP contribution is -2.39. The van der Waals surface area contributed by atoms with Crippen LogP contribution < -0.4 is 5.32 Å². The standard InChI is InChI=1S/C23H26N2O2S2/c1-15-6-8-18(9-7-15)21(25-10-12-27-13-11-25)20-16(2)17(3)29-23(20)24-22(26)19-5-4-14-28-19/h4-9,14,21H,10-13H2,1-3H3,(H,24,26). The molecule has 6 heteroatoms. The van der Waals surface area contributed by atoms with Crippen LogP contribution in [0.1, 0.15) is 42.8 Å². The molecule has 1 aliphatic heterocycles. The molecule has 2 aromatic heterocycles. The molecule has 1 saturated heterocycles. The first-order chi connectivity index (χ1) is 14.0. The van der Waals surface area contributed by atoms with Gasteiger partial charge in [-0.15, -0.1) is 22.7 Å². The minimum Gasteiger partial charge on any atom is -0.379 e. The van der Waals surface area contributed by atoms with Gasteiger partial charge in [-0.3, -0.25) is 9.69 Å². The van der Waals surface area contributed by atoms with Crippen molar-refractivity contribution >= 4 is 33.6 Å². The predicted molar refractivity (Wildman–Crippen MR) is 121 cm³/mol. The first kappa shape index (κ1) is 20.3. The van der Waals surface area contributed by atoms with Crippen molar-refractivity contribution in [2.75, 3.05) is 31.6 Å². The summed E-state index contributed by atoms with van der Waals surface area (Å²) in [6, 6.07) is 12.6. The van der Waals surface area contributed by atoms with E-state index in [0.29, 0.717) is 0 Å². The van der Waals surface area contributed by atoms with Crippen molar-refractivity contribution in [2.45, 2.75) is 26.8 Å². The maximum absolute atomic E-state index is 12.8. The second-order valence-corrected chi connectivity index (χ2v) is 9.59. The number of morpholine rings is 1. The van der Waals surface area contributed by atoms with E-state index in [1.807, 2.05) is 17.5 Å². The molecule has 3 heterocycles. The molecule has 1 aromatic carbocycles. The molecule has 29 heavy (non-hydrogen) atoms. The van der Waals surface area contributed by atoms with Crippen LogP contribution in [0.3, 0.4) is 0 Å². The number of carbonyl (C=O) groups is 1. The normalized spacial score (nSPS) is 16.0. The number of thiophene rings is 2. The monoisotopic (exact) mass is 426 g/mol. The van der Waals surface area contributed by atoms with Crippen LogP contribution in [0.5, 0.6) is 0 Å². The zero-order valence-electron chi connectivity index (χ0n) is 17.0. The van der Waals surface area contributed by atoms with Gasteiger partial charge < -0.3 is 10.1 Å².